The molecule has 0 radical (unpaired) electrons. The van der Waals surface area contributed by atoms with Crippen LogP contribution in [0.15, 0.2) is 0 Å². The average molecular weight is 228 g/mol. The summed E-state index contributed by atoms with van der Waals surface area (Å²) in [5.41, 5.74) is 0. The van der Waals surface area contributed by atoms with Gasteiger partial charge in [0.05, 0.1) is 0 Å². The summed E-state index contributed by atoms with van der Waals surface area (Å²) < 4.78 is 0. The molecule has 0 aromatic rings. The summed E-state index contributed by atoms with van der Waals surface area (Å²) in [6.07, 6.45) is 5.47. The zero-order valence-electron chi connectivity index (χ0n) is 6.62. The molecule has 0 saturated heterocycles. The van der Waals surface area contributed by atoms with Gasteiger partial charge in [0, 0.05) is 5.33 Å². The van der Waals surface area contributed by atoms with Gasteiger partial charge in [-0.05, 0) is 6.42 Å². The van der Waals surface area contributed by atoms with Crippen LogP contribution in [0.1, 0.15) is 32.6 Å². The number of alkyl halides is 1. The Bertz CT molecular complexity index is 81.9. The summed E-state index contributed by atoms with van der Waals surface area (Å²) in [6.45, 7) is 2.23. The molecule has 0 aliphatic heterocycles. The molecule has 0 bridgehead atoms. The lowest BCUT2D eigenvalue weighted by molar-refractivity contribution is -0.742. The molecule has 0 atom stereocenters. The summed E-state index contributed by atoms with van der Waals surface area (Å²) in [6, 6.07) is 0. The molecule has 0 spiro atoms. The smallest absolute Gasteiger partial charge is 0.291 e. The monoisotopic (exact) mass is 227 g/mol. The standard InChI is InChI=1S/C6H13Br.HNO3/c1-2-3-4-5-6-7;2-1(3)4/h2-6H2,1H3;(H,2,3,4). The largest absolute Gasteiger partial charge is 0.328 e. The Morgan fingerprint density at radius 3 is 2.18 bits per heavy atom. The van der Waals surface area contributed by atoms with Crippen LogP contribution in [0.3, 0.4) is 0 Å². The van der Waals surface area contributed by atoms with Crippen LogP contribution in [-0.4, -0.2) is 15.6 Å². The molecule has 4 nitrogen and oxygen atoms in total. The molecule has 0 rings (SSSR count). The molecule has 0 fully saturated rings. The van der Waals surface area contributed by atoms with Gasteiger partial charge in [-0.15, -0.1) is 10.1 Å². The van der Waals surface area contributed by atoms with Crippen LogP contribution in [0.4, 0.5) is 0 Å². The number of halogens is 1. The highest BCUT2D eigenvalue weighted by Crippen LogP contribution is 1.99. The van der Waals surface area contributed by atoms with Gasteiger partial charge in [-0.1, -0.05) is 42.1 Å². The summed E-state index contributed by atoms with van der Waals surface area (Å²) in [4.78, 5) is 8.36. The van der Waals surface area contributed by atoms with E-state index in [2.05, 4.69) is 22.9 Å². The number of hydrogen-bond donors (Lipinski definition) is 1. The summed E-state index contributed by atoms with van der Waals surface area (Å²) in [5, 5.41) is 14.8. The highest BCUT2D eigenvalue weighted by atomic mass is 79.9. The number of nitrogens with zero attached hydrogens (tertiary/aromatic N) is 1. The zero-order valence-corrected chi connectivity index (χ0v) is 8.21. The first kappa shape index (κ1) is 13.3. The van der Waals surface area contributed by atoms with Crippen LogP contribution in [0.2, 0.25) is 0 Å². The molecule has 0 aliphatic rings. The normalized spacial score (nSPS) is 8.18. The van der Waals surface area contributed by atoms with Crippen molar-refractivity contribution in [2.75, 3.05) is 5.33 Å². The van der Waals surface area contributed by atoms with Gasteiger partial charge < -0.3 is 5.21 Å². The van der Waals surface area contributed by atoms with Crippen molar-refractivity contribution >= 4 is 15.9 Å². The fraction of sp³-hybridized carbons (Fsp3) is 1.00. The lowest BCUT2D eigenvalue weighted by Gasteiger charge is -1.89. The second-order valence-electron chi connectivity index (χ2n) is 1.99. The molecule has 0 aliphatic carbocycles. The Hall–Kier alpha value is -0.320. The van der Waals surface area contributed by atoms with Crippen molar-refractivity contribution in [2.45, 2.75) is 32.6 Å². The van der Waals surface area contributed by atoms with Crippen LogP contribution >= 0.6 is 15.9 Å². The third-order valence-corrected chi connectivity index (χ3v) is 1.55. The Morgan fingerprint density at radius 1 is 1.45 bits per heavy atom. The van der Waals surface area contributed by atoms with Crippen molar-refractivity contribution in [3.8, 4) is 0 Å². The zero-order chi connectivity index (χ0) is 9.11. The minimum atomic E-state index is -1.50. The predicted octanol–water partition coefficient (Wildman–Crippen LogP) is 2.61. The highest BCUT2D eigenvalue weighted by molar-refractivity contribution is 9.09. The molecule has 11 heavy (non-hydrogen) atoms. The maximum atomic E-state index is 8.36. The van der Waals surface area contributed by atoms with E-state index in [0.717, 1.165) is 0 Å². The van der Waals surface area contributed by atoms with Crippen molar-refractivity contribution in [1.82, 2.24) is 0 Å². The summed E-state index contributed by atoms with van der Waals surface area (Å²) in [5.74, 6) is 0. The van der Waals surface area contributed by atoms with Crippen LogP contribution in [0, 0.1) is 10.1 Å². The molecule has 0 saturated carbocycles. The van der Waals surface area contributed by atoms with Crippen molar-refractivity contribution in [1.29, 1.82) is 0 Å². The van der Waals surface area contributed by atoms with E-state index in [1.165, 1.54) is 31.0 Å². The molecule has 0 aromatic heterocycles. The Morgan fingerprint density at radius 2 is 1.91 bits per heavy atom. The molecule has 0 heterocycles. The topological polar surface area (TPSA) is 63.4 Å². The lowest BCUT2D eigenvalue weighted by Crippen LogP contribution is -1.81. The average Bonchev–Trinajstić information content (AvgIpc) is 1.88. The first-order chi connectivity index (χ1) is 5.15. The summed E-state index contributed by atoms with van der Waals surface area (Å²) >= 11 is 3.38. The fourth-order valence-corrected chi connectivity index (χ4v) is 0.918. The van der Waals surface area contributed by atoms with Gasteiger partial charge in [-0.2, -0.15) is 0 Å². The van der Waals surface area contributed by atoms with E-state index in [-0.39, 0.29) is 0 Å². The van der Waals surface area contributed by atoms with Crippen molar-refractivity contribution < 1.29 is 10.3 Å². The third-order valence-electron chi connectivity index (χ3n) is 0.987. The molecule has 0 aromatic carbocycles. The van der Waals surface area contributed by atoms with Gasteiger partial charge >= 0.3 is 0 Å². The van der Waals surface area contributed by atoms with E-state index < -0.39 is 5.09 Å². The van der Waals surface area contributed by atoms with Crippen LogP contribution in [0.25, 0.3) is 0 Å². The molecular formula is C6H14BrNO3. The molecule has 68 valence electrons. The van der Waals surface area contributed by atoms with E-state index >= 15 is 0 Å². The SMILES string of the molecule is CCCCCCBr.O=[N+]([O-])O. The second kappa shape index (κ2) is 12.4. The van der Waals surface area contributed by atoms with Crippen molar-refractivity contribution in [2.24, 2.45) is 0 Å². The third kappa shape index (κ3) is 42.2. The quantitative estimate of drug-likeness (QED) is 0.348. The van der Waals surface area contributed by atoms with Crippen LogP contribution < -0.4 is 0 Å². The van der Waals surface area contributed by atoms with E-state index in [0.29, 0.717) is 0 Å². The second-order valence-corrected chi connectivity index (χ2v) is 2.78. The number of hydrogen-bond acceptors (Lipinski definition) is 2. The predicted molar refractivity (Wildman–Crippen MR) is 46.7 cm³/mol. The number of rotatable bonds is 4. The van der Waals surface area contributed by atoms with Crippen molar-refractivity contribution in [3.05, 3.63) is 10.1 Å². The molecule has 0 amide bonds. The van der Waals surface area contributed by atoms with Gasteiger partial charge in [-0.25, -0.2) is 0 Å². The van der Waals surface area contributed by atoms with Crippen molar-refractivity contribution in [3.63, 3.8) is 0 Å². The fourth-order valence-electron chi connectivity index (χ4n) is 0.521. The molecule has 1 N–H and O–H groups in total. The Balaban J connectivity index is 0. The van der Waals surface area contributed by atoms with E-state index in [1.807, 2.05) is 0 Å². The van der Waals surface area contributed by atoms with Gasteiger partial charge in [0.25, 0.3) is 5.09 Å². The Kier molecular flexibility index (Phi) is 14.9. The minimum Gasteiger partial charge on any atom is -0.328 e. The van der Waals surface area contributed by atoms with Gasteiger partial charge in [0.2, 0.25) is 0 Å². The lowest BCUT2D eigenvalue weighted by atomic mass is 10.2. The first-order valence-electron chi connectivity index (χ1n) is 3.54. The first-order valence-corrected chi connectivity index (χ1v) is 4.66. The molecular weight excluding hydrogens is 214 g/mol. The van der Waals surface area contributed by atoms with E-state index in [1.54, 1.807) is 0 Å². The van der Waals surface area contributed by atoms with E-state index in [4.69, 9.17) is 15.3 Å². The maximum Gasteiger partial charge on any atom is 0.291 e. The summed E-state index contributed by atoms with van der Waals surface area (Å²) in [7, 11) is 0. The van der Waals surface area contributed by atoms with Crippen LogP contribution in [0.5, 0.6) is 0 Å². The number of unbranched alkanes of at least 4 members (excludes halogenated alkanes) is 3. The van der Waals surface area contributed by atoms with Gasteiger partial charge in [0.1, 0.15) is 0 Å². The van der Waals surface area contributed by atoms with Gasteiger partial charge in [0.15, 0.2) is 0 Å². The molecule has 0 unspecified atom stereocenters. The van der Waals surface area contributed by atoms with Crippen LogP contribution in [-0.2, 0) is 0 Å². The van der Waals surface area contributed by atoms with E-state index in [9.17, 15) is 0 Å². The highest BCUT2D eigenvalue weighted by Gasteiger charge is 1.81. The molecule has 5 heteroatoms. The maximum absolute atomic E-state index is 8.36. The minimum absolute atomic E-state index is 1.17. The van der Waals surface area contributed by atoms with Gasteiger partial charge in [-0.3, -0.25) is 0 Å². The Labute approximate surface area is 74.8 Å².